The summed E-state index contributed by atoms with van der Waals surface area (Å²) in [6.07, 6.45) is 4.49. The van der Waals surface area contributed by atoms with Gasteiger partial charge in [-0.05, 0) is 137 Å². The Kier molecular flexibility index (Phi) is 17.0. The van der Waals surface area contributed by atoms with E-state index in [0.717, 1.165) is 84.8 Å². The molecule has 2 saturated heterocycles. The summed E-state index contributed by atoms with van der Waals surface area (Å²) in [6.45, 7) is 13.5. The van der Waals surface area contributed by atoms with Crippen molar-refractivity contribution in [2.45, 2.75) is 102 Å². The first-order valence-electron chi connectivity index (χ1n) is 21.1. The fraction of sp³-hybridized carbons (Fsp3) is 0.568. The Hall–Kier alpha value is -4.41. The number of carbonyl (C=O) groups is 3. The molecule has 16 heteroatoms. The lowest BCUT2D eigenvalue weighted by atomic mass is 9.88. The maximum Gasteiger partial charge on any atom is 0.421 e. The molecule has 60 heavy (non-hydrogen) atoms. The molecule has 2 aromatic carbocycles. The number of piperazine rings is 1. The van der Waals surface area contributed by atoms with E-state index in [0.29, 0.717) is 30.6 Å². The standard InChI is InChI=1S/C25H34F3N5S.C19H28N4O3/c1-16-6-8-19(9-7-16)32-34-20-10-11-22(18(3)13-20)30-24-29-14-21(25(26,27)28)23(31-24)33-12-4-5-17(2)15-33;1-14-13-15(6-7-17(14)23-10-8-22(3)9-11-23)18(25)21-16(5-4-12-24)19(26)20-2/h10-11,13-14,16-17,19,32H,4-9,12,15H2,1-3H3,(H,29,30,31);6-7,12-13,16H,4-5,8-11H2,1-3H3,(H,20,26)(H,21,25). The molecule has 1 aromatic heterocycles. The van der Waals surface area contributed by atoms with E-state index in [2.05, 4.69) is 67.4 Å². The van der Waals surface area contributed by atoms with Gasteiger partial charge in [-0.2, -0.15) is 18.2 Å². The topological polar surface area (TPSA) is 135 Å². The molecule has 2 atom stereocenters. The molecule has 2 unspecified atom stereocenters. The fourth-order valence-corrected chi connectivity index (χ4v) is 8.77. The van der Waals surface area contributed by atoms with Crippen molar-refractivity contribution in [3.8, 4) is 0 Å². The predicted molar refractivity (Wildman–Crippen MR) is 234 cm³/mol. The van der Waals surface area contributed by atoms with E-state index in [9.17, 15) is 27.6 Å². The minimum absolute atomic E-state index is 0.0348. The number of likely N-dealkylation sites (N-methyl/N-ethyl adjacent to an activating group) is 2. The third kappa shape index (κ3) is 13.3. The largest absolute Gasteiger partial charge is 0.421 e. The van der Waals surface area contributed by atoms with Crippen molar-refractivity contribution in [2.75, 3.05) is 68.5 Å². The number of aryl methyl sites for hydroxylation is 2. The molecule has 3 heterocycles. The third-order valence-electron chi connectivity index (χ3n) is 11.6. The second-order valence-electron chi connectivity index (χ2n) is 16.6. The van der Waals surface area contributed by atoms with Crippen molar-refractivity contribution in [3.63, 3.8) is 0 Å². The van der Waals surface area contributed by atoms with Crippen LogP contribution in [0, 0.1) is 25.7 Å². The van der Waals surface area contributed by atoms with E-state index >= 15 is 0 Å². The summed E-state index contributed by atoms with van der Waals surface area (Å²) in [5.74, 6) is 0.691. The quantitative estimate of drug-likeness (QED) is 0.100. The van der Waals surface area contributed by atoms with Crippen LogP contribution < -0.4 is 30.5 Å². The molecular formula is C44H62F3N9O3S. The summed E-state index contributed by atoms with van der Waals surface area (Å²) in [4.78, 5) is 50.8. The van der Waals surface area contributed by atoms with Crippen LogP contribution in [0.25, 0.3) is 0 Å². The van der Waals surface area contributed by atoms with Gasteiger partial charge in [0.2, 0.25) is 11.9 Å². The zero-order valence-electron chi connectivity index (χ0n) is 35.8. The van der Waals surface area contributed by atoms with Crippen LogP contribution in [0.3, 0.4) is 0 Å². The lowest BCUT2D eigenvalue weighted by Gasteiger charge is -2.35. The Balaban J connectivity index is 0.000000237. The minimum Gasteiger partial charge on any atom is -0.369 e. The summed E-state index contributed by atoms with van der Waals surface area (Å²) in [6, 6.07) is 11.5. The number of hydrogen-bond donors (Lipinski definition) is 4. The van der Waals surface area contributed by atoms with Crippen LogP contribution in [-0.4, -0.2) is 98.4 Å². The molecule has 0 spiro atoms. The number of aromatic nitrogens is 2. The summed E-state index contributed by atoms with van der Waals surface area (Å²) in [5.41, 5.74) is 3.68. The number of hydrogen-bond acceptors (Lipinski definition) is 11. The van der Waals surface area contributed by atoms with Crippen LogP contribution >= 0.6 is 11.9 Å². The summed E-state index contributed by atoms with van der Waals surface area (Å²) in [5, 5.41) is 8.37. The zero-order chi connectivity index (χ0) is 43.4. The molecule has 2 aliphatic heterocycles. The normalized spacial score (nSPS) is 20.4. The average molecular weight is 854 g/mol. The van der Waals surface area contributed by atoms with E-state index in [4.69, 9.17) is 0 Å². The van der Waals surface area contributed by atoms with Crippen molar-refractivity contribution in [1.29, 1.82) is 0 Å². The molecule has 4 N–H and O–H groups in total. The lowest BCUT2D eigenvalue weighted by molar-refractivity contribution is -0.137. The fourth-order valence-electron chi connectivity index (χ4n) is 7.86. The Morgan fingerprint density at radius 3 is 2.30 bits per heavy atom. The number of nitrogens with one attached hydrogen (secondary N) is 4. The van der Waals surface area contributed by atoms with Crippen molar-refractivity contribution >= 4 is 53.2 Å². The van der Waals surface area contributed by atoms with Crippen LogP contribution in [0.4, 0.5) is 36.3 Å². The smallest absolute Gasteiger partial charge is 0.369 e. The number of piperidine rings is 1. The molecule has 0 radical (unpaired) electrons. The molecular weight excluding hydrogens is 792 g/mol. The van der Waals surface area contributed by atoms with Gasteiger partial charge >= 0.3 is 6.18 Å². The first-order valence-corrected chi connectivity index (χ1v) is 22.0. The molecule has 3 aromatic rings. The molecule has 0 bridgehead atoms. The Morgan fingerprint density at radius 1 is 0.933 bits per heavy atom. The van der Waals surface area contributed by atoms with Gasteiger partial charge in [-0.3, -0.25) is 14.3 Å². The average Bonchev–Trinajstić information content (AvgIpc) is 3.23. The van der Waals surface area contributed by atoms with Crippen molar-refractivity contribution < 1.29 is 27.6 Å². The van der Waals surface area contributed by atoms with E-state index in [1.807, 2.05) is 38.1 Å². The number of anilines is 4. The maximum atomic E-state index is 13.7. The highest BCUT2D eigenvalue weighted by molar-refractivity contribution is 7.97. The molecule has 1 saturated carbocycles. The zero-order valence-corrected chi connectivity index (χ0v) is 36.6. The SMILES string of the molecule is CNC(=O)C(CCC=O)NC(=O)c1ccc(N2CCN(C)CC2)c(C)c1.Cc1cc(SNC2CCC(C)CC2)ccc1Nc1ncc(C(F)(F)F)c(N2CCCC(C)C2)n1. The van der Waals surface area contributed by atoms with E-state index < -0.39 is 17.8 Å². The first kappa shape index (κ1) is 46.7. The number of alkyl halides is 3. The second kappa shape index (κ2) is 21.9. The monoisotopic (exact) mass is 853 g/mol. The Labute approximate surface area is 357 Å². The maximum absolute atomic E-state index is 13.7. The van der Waals surface area contributed by atoms with Gasteiger partial charge in [0, 0.05) is 86.8 Å². The number of nitrogens with zero attached hydrogens (tertiary/aromatic N) is 5. The van der Waals surface area contributed by atoms with Gasteiger partial charge < -0.3 is 35.4 Å². The predicted octanol–water partition coefficient (Wildman–Crippen LogP) is 7.53. The minimum atomic E-state index is -4.49. The molecule has 3 fully saturated rings. The van der Waals surface area contributed by atoms with Crippen molar-refractivity contribution in [2.24, 2.45) is 11.8 Å². The van der Waals surface area contributed by atoms with Gasteiger partial charge in [-0.15, -0.1) is 0 Å². The number of halogens is 3. The molecule has 3 aliphatic rings. The molecule has 6 rings (SSSR count). The first-order chi connectivity index (χ1) is 28.6. The van der Waals surface area contributed by atoms with Crippen LogP contribution in [0.5, 0.6) is 0 Å². The Morgan fingerprint density at radius 2 is 1.67 bits per heavy atom. The summed E-state index contributed by atoms with van der Waals surface area (Å²) < 4.78 is 44.6. The molecule has 328 valence electrons. The van der Waals surface area contributed by atoms with Crippen molar-refractivity contribution in [3.05, 3.63) is 64.8 Å². The number of carbonyl (C=O) groups excluding carboxylic acids is 3. The van der Waals surface area contributed by atoms with E-state index in [1.54, 1.807) is 22.9 Å². The van der Waals surface area contributed by atoms with E-state index in [-0.39, 0.29) is 36.4 Å². The van der Waals surface area contributed by atoms with Gasteiger partial charge in [0.25, 0.3) is 5.91 Å². The van der Waals surface area contributed by atoms with Gasteiger partial charge in [0.1, 0.15) is 23.7 Å². The number of rotatable bonds is 13. The number of aldehydes is 1. The highest BCUT2D eigenvalue weighted by Crippen LogP contribution is 2.37. The van der Waals surface area contributed by atoms with Gasteiger partial charge in [0.15, 0.2) is 0 Å². The number of amides is 2. The van der Waals surface area contributed by atoms with E-state index in [1.165, 1.54) is 32.7 Å². The van der Waals surface area contributed by atoms with Gasteiger partial charge in [-0.25, -0.2) is 4.98 Å². The Bertz CT molecular complexity index is 1900. The summed E-state index contributed by atoms with van der Waals surface area (Å²) >= 11 is 1.64. The van der Waals surface area contributed by atoms with Crippen LogP contribution in [0.1, 0.15) is 92.3 Å². The third-order valence-corrected chi connectivity index (χ3v) is 12.5. The second-order valence-corrected chi connectivity index (χ2v) is 17.5. The summed E-state index contributed by atoms with van der Waals surface area (Å²) in [7, 11) is 3.63. The highest BCUT2D eigenvalue weighted by Gasteiger charge is 2.37. The van der Waals surface area contributed by atoms with Crippen molar-refractivity contribution in [1.82, 2.24) is 30.2 Å². The number of benzene rings is 2. The molecule has 1 aliphatic carbocycles. The van der Waals surface area contributed by atoms with Crippen LogP contribution in [-0.2, 0) is 15.8 Å². The lowest BCUT2D eigenvalue weighted by Crippen LogP contribution is -2.46. The van der Waals surface area contributed by atoms with Crippen LogP contribution in [0.15, 0.2) is 47.5 Å². The van der Waals surface area contributed by atoms with Crippen LogP contribution in [0.2, 0.25) is 0 Å². The molecule has 2 amide bonds. The van der Waals surface area contributed by atoms with Gasteiger partial charge in [0.05, 0.1) is 0 Å². The van der Waals surface area contributed by atoms with Gasteiger partial charge in [-0.1, -0.05) is 13.8 Å². The highest BCUT2D eigenvalue weighted by atomic mass is 32.2. The molecule has 12 nitrogen and oxygen atoms in total.